The minimum absolute atomic E-state index is 0.0641. The van der Waals surface area contributed by atoms with Crippen molar-refractivity contribution in [1.82, 2.24) is 4.90 Å². The molecule has 2 aliphatic rings. The lowest BCUT2D eigenvalue weighted by Crippen LogP contribution is -2.34. The largest absolute Gasteiger partial charge is 0.302 e. The molecule has 2 fully saturated rings. The SMILES string of the molecule is CCC1(c2cccc(NS(C)(=O)=O)c2)C2CN(CCS(=O)(=O)Cc3ccccc3)CC21. The van der Waals surface area contributed by atoms with Crippen molar-refractivity contribution in [3.8, 4) is 0 Å². The van der Waals surface area contributed by atoms with Crippen molar-refractivity contribution in [3.05, 3.63) is 65.7 Å². The number of nitrogens with zero attached hydrogens (tertiary/aromatic N) is 1. The molecule has 0 bridgehead atoms. The summed E-state index contributed by atoms with van der Waals surface area (Å²) in [5, 5.41) is 0. The number of rotatable bonds is 9. The molecular formula is C23H30N2O4S2. The number of hydrogen-bond donors (Lipinski definition) is 1. The third-order valence-corrected chi connectivity index (χ3v) is 9.03. The molecule has 8 heteroatoms. The highest BCUT2D eigenvalue weighted by Crippen LogP contribution is 2.65. The zero-order valence-electron chi connectivity index (χ0n) is 18.0. The van der Waals surface area contributed by atoms with Crippen molar-refractivity contribution < 1.29 is 16.8 Å². The van der Waals surface area contributed by atoms with Gasteiger partial charge in [-0.3, -0.25) is 4.72 Å². The molecule has 1 heterocycles. The summed E-state index contributed by atoms with van der Waals surface area (Å²) in [6, 6.07) is 17.0. The molecule has 2 aromatic carbocycles. The number of fused-ring (bicyclic) bond motifs is 1. The van der Waals surface area contributed by atoms with E-state index in [1.54, 1.807) is 6.07 Å². The Kier molecular flexibility index (Phi) is 5.91. The summed E-state index contributed by atoms with van der Waals surface area (Å²) < 4.78 is 50.8. The maximum atomic E-state index is 12.5. The highest BCUT2D eigenvalue weighted by atomic mass is 32.2. The number of sulfonamides is 1. The lowest BCUT2D eigenvalue weighted by atomic mass is 9.87. The Hall–Kier alpha value is -1.90. The first-order chi connectivity index (χ1) is 14.6. The lowest BCUT2D eigenvalue weighted by Gasteiger charge is -2.26. The van der Waals surface area contributed by atoms with Crippen LogP contribution in [0.15, 0.2) is 54.6 Å². The molecule has 168 valence electrons. The predicted molar refractivity (Wildman–Crippen MR) is 124 cm³/mol. The van der Waals surface area contributed by atoms with Gasteiger partial charge >= 0.3 is 0 Å². The molecule has 1 N–H and O–H groups in total. The van der Waals surface area contributed by atoms with E-state index in [2.05, 4.69) is 22.6 Å². The van der Waals surface area contributed by atoms with Gasteiger partial charge in [0.05, 0.1) is 17.8 Å². The average molecular weight is 463 g/mol. The second kappa shape index (κ2) is 8.22. The van der Waals surface area contributed by atoms with E-state index in [-0.39, 0.29) is 16.9 Å². The second-order valence-electron chi connectivity index (χ2n) is 8.90. The monoisotopic (exact) mass is 462 g/mol. The van der Waals surface area contributed by atoms with E-state index in [9.17, 15) is 16.8 Å². The van der Waals surface area contributed by atoms with Crippen LogP contribution in [0.1, 0.15) is 24.5 Å². The van der Waals surface area contributed by atoms with E-state index in [0.29, 0.717) is 24.1 Å². The second-order valence-corrected chi connectivity index (χ2v) is 12.8. The fourth-order valence-corrected chi connectivity index (χ4v) is 7.35. The molecule has 1 saturated heterocycles. The molecule has 1 saturated carbocycles. The van der Waals surface area contributed by atoms with E-state index >= 15 is 0 Å². The molecule has 6 nitrogen and oxygen atoms in total. The van der Waals surface area contributed by atoms with Gasteiger partial charge in [-0.05, 0) is 41.5 Å². The molecule has 2 atom stereocenters. The maximum Gasteiger partial charge on any atom is 0.229 e. The number of hydrogen-bond acceptors (Lipinski definition) is 5. The standard InChI is InChI=1S/C23H30N2O4S2/c1-3-23(19-10-7-11-20(14-19)24-30(2,26)27)21-15-25(16-22(21)23)12-13-31(28,29)17-18-8-5-4-6-9-18/h4-11,14,21-22,24H,3,12-13,15-17H2,1-2H3. The van der Waals surface area contributed by atoms with Gasteiger partial charge in [-0.1, -0.05) is 49.4 Å². The highest BCUT2D eigenvalue weighted by Gasteiger charge is 2.67. The van der Waals surface area contributed by atoms with Crippen molar-refractivity contribution >= 4 is 25.5 Å². The Morgan fingerprint density at radius 3 is 2.29 bits per heavy atom. The van der Waals surface area contributed by atoms with Crippen LogP contribution in [0.25, 0.3) is 0 Å². The zero-order valence-corrected chi connectivity index (χ0v) is 19.6. The van der Waals surface area contributed by atoms with E-state index in [4.69, 9.17) is 0 Å². The van der Waals surface area contributed by atoms with Gasteiger partial charge in [-0.15, -0.1) is 0 Å². The minimum Gasteiger partial charge on any atom is -0.302 e. The maximum absolute atomic E-state index is 12.5. The quantitative estimate of drug-likeness (QED) is 0.620. The lowest BCUT2D eigenvalue weighted by molar-refractivity contribution is 0.283. The van der Waals surface area contributed by atoms with Crippen LogP contribution in [0.4, 0.5) is 5.69 Å². The Labute approximate surface area is 185 Å². The first-order valence-electron chi connectivity index (χ1n) is 10.7. The Balaban J connectivity index is 1.37. The summed E-state index contributed by atoms with van der Waals surface area (Å²) in [6.45, 7) is 4.54. The summed E-state index contributed by atoms with van der Waals surface area (Å²) in [5.74, 6) is 1.24. The van der Waals surface area contributed by atoms with Crippen molar-refractivity contribution in [2.45, 2.75) is 24.5 Å². The molecule has 0 aromatic heterocycles. The van der Waals surface area contributed by atoms with Gasteiger partial charge < -0.3 is 4.90 Å². The van der Waals surface area contributed by atoms with Gasteiger partial charge in [0.1, 0.15) is 0 Å². The first-order valence-corrected chi connectivity index (χ1v) is 14.4. The van der Waals surface area contributed by atoms with Crippen molar-refractivity contribution in [3.63, 3.8) is 0 Å². The molecule has 4 rings (SSSR count). The number of likely N-dealkylation sites (tertiary alicyclic amines) is 1. The molecular weight excluding hydrogens is 432 g/mol. The third kappa shape index (κ3) is 4.81. The molecule has 2 aromatic rings. The van der Waals surface area contributed by atoms with Crippen molar-refractivity contribution in [2.75, 3.05) is 36.4 Å². The predicted octanol–water partition coefficient (Wildman–Crippen LogP) is 2.88. The number of anilines is 1. The molecule has 1 aliphatic heterocycles. The van der Waals surface area contributed by atoms with Crippen molar-refractivity contribution in [2.24, 2.45) is 11.8 Å². The van der Waals surface area contributed by atoms with Crippen LogP contribution in [-0.2, 0) is 31.0 Å². The van der Waals surface area contributed by atoms with Crippen LogP contribution in [0.2, 0.25) is 0 Å². The fourth-order valence-electron chi connectivity index (χ4n) is 5.41. The third-order valence-electron chi connectivity index (χ3n) is 6.85. The summed E-state index contributed by atoms with van der Waals surface area (Å²) in [6.07, 6.45) is 2.15. The van der Waals surface area contributed by atoms with Crippen LogP contribution >= 0.6 is 0 Å². The number of benzene rings is 2. The molecule has 2 unspecified atom stereocenters. The van der Waals surface area contributed by atoms with Crippen LogP contribution in [-0.4, -0.2) is 53.4 Å². The van der Waals surface area contributed by atoms with Gasteiger partial charge in [0.2, 0.25) is 10.0 Å². The molecule has 31 heavy (non-hydrogen) atoms. The molecule has 0 amide bonds. The van der Waals surface area contributed by atoms with Crippen molar-refractivity contribution in [1.29, 1.82) is 0 Å². The fraction of sp³-hybridized carbons (Fsp3) is 0.478. The topological polar surface area (TPSA) is 83.6 Å². The average Bonchev–Trinajstić information content (AvgIpc) is 3.08. The molecule has 0 spiro atoms. The van der Waals surface area contributed by atoms with Gasteiger partial charge in [0.25, 0.3) is 0 Å². The Morgan fingerprint density at radius 2 is 1.68 bits per heavy atom. The van der Waals surface area contributed by atoms with Crippen LogP contribution in [0, 0.1) is 11.8 Å². The van der Waals surface area contributed by atoms with E-state index < -0.39 is 19.9 Å². The summed E-state index contributed by atoms with van der Waals surface area (Å²) in [5.41, 5.74) is 2.67. The highest BCUT2D eigenvalue weighted by molar-refractivity contribution is 7.92. The Morgan fingerprint density at radius 1 is 1.00 bits per heavy atom. The van der Waals surface area contributed by atoms with E-state index in [1.807, 2.05) is 42.5 Å². The number of nitrogens with one attached hydrogen (secondary N) is 1. The zero-order chi connectivity index (χ0) is 22.3. The van der Waals surface area contributed by atoms with E-state index in [1.165, 1.54) is 5.56 Å². The molecule has 0 radical (unpaired) electrons. The number of sulfone groups is 1. The molecule has 1 aliphatic carbocycles. The van der Waals surface area contributed by atoms with Crippen LogP contribution in [0.5, 0.6) is 0 Å². The van der Waals surface area contributed by atoms with E-state index in [0.717, 1.165) is 31.3 Å². The first kappa shape index (κ1) is 22.3. The Bertz CT molecular complexity index is 1140. The number of piperidine rings is 1. The van der Waals surface area contributed by atoms with Gasteiger partial charge in [-0.2, -0.15) is 0 Å². The summed E-state index contributed by atoms with van der Waals surface area (Å²) in [7, 11) is -6.45. The minimum atomic E-state index is -3.31. The van der Waals surface area contributed by atoms with Crippen LogP contribution < -0.4 is 4.72 Å². The smallest absolute Gasteiger partial charge is 0.229 e. The van der Waals surface area contributed by atoms with Crippen LogP contribution in [0.3, 0.4) is 0 Å². The van der Waals surface area contributed by atoms with Gasteiger partial charge in [-0.25, -0.2) is 16.8 Å². The summed E-state index contributed by atoms with van der Waals surface area (Å²) in [4.78, 5) is 2.27. The normalized spacial score (nSPS) is 25.9. The summed E-state index contributed by atoms with van der Waals surface area (Å²) >= 11 is 0. The van der Waals surface area contributed by atoms with Gasteiger partial charge in [0.15, 0.2) is 9.84 Å². The van der Waals surface area contributed by atoms with Gasteiger partial charge in [0, 0.05) is 30.7 Å².